The van der Waals surface area contributed by atoms with Crippen LogP contribution in [0, 0.1) is 10.1 Å². The fourth-order valence-corrected chi connectivity index (χ4v) is 2.48. The standard InChI is InChI=1S/C17H18N2O6/c1-2-25-15-9-10(8-14(16(15)20)19(23)24)7-13(17(21)22)11-3-5-12(18)6-4-11/h3-6,8-9,13,20H,2,7,18H2,1H3,(H,21,22). The molecule has 0 fully saturated rings. The summed E-state index contributed by atoms with van der Waals surface area (Å²) in [5, 5.41) is 30.5. The number of hydrogen-bond acceptors (Lipinski definition) is 6. The number of nitro benzene ring substituents is 1. The van der Waals surface area contributed by atoms with Crippen LogP contribution in [0.1, 0.15) is 24.0 Å². The normalized spacial score (nSPS) is 11.7. The van der Waals surface area contributed by atoms with Gasteiger partial charge in [-0.25, -0.2) is 0 Å². The highest BCUT2D eigenvalue weighted by molar-refractivity contribution is 5.77. The molecule has 25 heavy (non-hydrogen) atoms. The van der Waals surface area contributed by atoms with E-state index in [4.69, 9.17) is 10.5 Å². The van der Waals surface area contributed by atoms with Crippen LogP contribution in [0.3, 0.4) is 0 Å². The molecule has 8 heteroatoms. The molecule has 4 N–H and O–H groups in total. The Balaban J connectivity index is 2.43. The quantitative estimate of drug-likeness (QED) is 0.398. The Bertz CT molecular complexity index is 788. The van der Waals surface area contributed by atoms with Crippen LogP contribution < -0.4 is 10.5 Å². The highest BCUT2D eigenvalue weighted by Gasteiger charge is 2.25. The lowest BCUT2D eigenvalue weighted by Gasteiger charge is -2.15. The zero-order chi connectivity index (χ0) is 18.6. The molecule has 0 saturated carbocycles. The maximum absolute atomic E-state index is 11.6. The Labute approximate surface area is 143 Å². The summed E-state index contributed by atoms with van der Waals surface area (Å²) in [6.45, 7) is 1.88. The maximum Gasteiger partial charge on any atom is 0.314 e. The van der Waals surface area contributed by atoms with Gasteiger partial charge in [-0.3, -0.25) is 14.9 Å². The first-order valence-corrected chi connectivity index (χ1v) is 7.54. The number of hydrogen-bond donors (Lipinski definition) is 3. The molecule has 0 radical (unpaired) electrons. The van der Waals surface area contributed by atoms with E-state index >= 15 is 0 Å². The van der Waals surface area contributed by atoms with E-state index in [-0.39, 0.29) is 18.8 Å². The number of rotatable bonds is 7. The number of phenols is 1. The summed E-state index contributed by atoms with van der Waals surface area (Å²) in [6, 6.07) is 8.97. The zero-order valence-corrected chi connectivity index (χ0v) is 13.5. The predicted molar refractivity (Wildman–Crippen MR) is 90.9 cm³/mol. The second kappa shape index (κ2) is 7.52. The van der Waals surface area contributed by atoms with Gasteiger partial charge in [0.2, 0.25) is 5.75 Å². The Morgan fingerprint density at radius 3 is 2.48 bits per heavy atom. The van der Waals surface area contributed by atoms with Crippen LogP contribution in [0.5, 0.6) is 11.5 Å². The van der Waals surface area contributed by atoms with Crippen LogP contribution in [0.2, 0.25) is 0 Å². The van der Waals surface area contributed by atoms with Crippen LogP contribution in [-0.4, -0.2) is 27.7 Å². The van der Waals surface area contributed by atoms with E-state index in [1.807, 2.05) is 0 Å². The summed E-state index contributed by atoms with van der Waals surface area (Å²) in [7, 11) is 0. The van der Waals surface area contributed by atoms with Crippen LogP contribution in [0.15, 0.2) is 36.4 Å². The number of carbonyl (C=O) groups is 1. The van der Waals surface area contributed by atoms with Crippen molar-refractivity contribution in [2.75, 3.05) is 12.3 Å². The first-order valence-electron chi connectivity index (χ1n) is 7.54. The van der Waals surface area contributed by atoms with Gasteiger partial charge in [0.15, 0.2) is 5.75 Å². The Hall–Kier alpha value is -3.29. The van der Waals surface area contributed by atoms with Crippen molar-refractivity contribution in [1.82, 2.24) is 0 Å². The molecule has 0 aliphatic rings. The predicted octanol–water partition coefficient (Wildman–Crippen LogP) is 2.69. The van der Waals surface area contributed by atoms with Gasteiger partial charge in [0.1, 0.15) is 0 Å². The molecule has 132 valence electrons. The summed E-state index contributed by atoms with van der Waals surface area (Å²) in [4.78, 5) is 22.0. The van der Waals surface area contributed by atoms with E-state index in [0.29, 0.717) is 16.8 Å². The summed E-state index contributed by atoms with van der Waals surface area (Å²) < 4.78 is 5.21. The number of carboxylic acid groups (broad SMARTS) is 1. The molecule has 8 nitrogen and oxygen atoms in total. The van der Waals surface area contributed by atoms with Gasteiger partial charge in [0, 0.05) is 11.8 Å². The number of nitro groups is 1. The minimum Gasteiger partial charge on any atom is -0.500 e. The van der Waals surface area contributed by atoms with Crippen molar-refractivity contribution < 1.29 is 24.7 Å². The van der Waals surface area contributed by atoms with Gasteiger partial charge in [0.25, 0.3) is 0 Å². The van der Waals surface area contributed by atoms with Crippen molar-refractivity contribution in [2.24, 2.45) is 0 Å². The number of aromatic hydroxyl groups is 1. The second-order valence-electron chi connectivity index (χ2n) is 5.41. The van der Waals surface area contributed by atoms with E-state index in [9.17, 15) is 25.1 Å². The van der Waals surface area contributed by atoms with Gasteiger partial charge in [-0.1, -0.05) is 12.1 Å². The molecule has 0 bridgehead atoms. The van der Waals surface area contributed by atoms with Gasteiger partial charge in [-0.15, -0.1) is 0 Å². The number of nitrogens with zero attached hydrogens (tertiary/aromatic N) is 1. The average Bonchev–Trinajstić information content (AvgIpc) is 2.56. The number of nitrogens with two attached hydrogens (primary N) is 1. The lowest BCUT2D eigenvalue weighted by molar-refractivity contribution is -0.386. The molecule has 2 rings (SSSR count). The number of anilines is 1. The van der Waals surface area contributed by atoms with E-state index in [2.05, 4.69) is 0 Å². The molecule has 0 aromatic heterocycles. The third-order valence-electron chi connectivity index (χ3n) is 3.69. The van der Waals surface area contributed by atoms with Crippen molar-refractivity contribution in [3.63, 3.8) is 0 Å². The maximum atomic E-state index is 11.6. The molecular formula is C17H18N2O6. The molecule has 0 aliphatic carbocycles. The van der Waals surface area contributed by atoms with Crippen molar-refractivity contribution >= 4 is 17.3 Å². The van der Waals surface area contributed by atoms with Crippen LogP contribution in [0.4, 0.5) is 11.4 Å². The lowest BCUT2D eigenvalue weighted by Crippen LogP contribution is -2.14. The SMILES string of the molecule is CCOc1cc(CC(C(=O)O)c2ccc(N)cc2)cc([N+](=O)[O-])c1O. The monoisotopic (exact) mass is 346 g/mol. The van der Waals surface area contributed by atoms with E-state index in [0.717, 1.165) is 6.07 Å². The number of carboxylic acids is 1. The molecule has 2 aromatic rings. The minimum absolute atomic E-state index is 0.000442. The fourth-order valence-electron chi connectivity index (χ4n) is 2.48. The number of phenolic OH excluding ortho intramolecular Hbond substituents is 1. The zero-order valence-electron chi connectivity index (χ0n) is 13.5. The second-order valence-corrected chi connectivity index (χ2v) is 5.41. The van der Waals surface area contributed by atoms with Gasteiger partial charge in [-0.2, -0.15) is 0 Å². The van der Waals surface area contributed by atoms with Gasteiger partial charge in [-0.05, 0) is 42.7 Å². The van der Waals surface area contributed by atoms with E-state index in [1.165, 1.54) is 6.07 Å². The Kier molecular flexibility index (Phi) is 5.43. The van der Waals surface area contributed by atoms with Crippen LogP contribution in [-0.2, 0) is 11.2 Å². The molecular weight excluding hydrogens is 328 g/mol. The first kappa shape index (κ1) is 18.1. The summed E-state index contributed by atoms with van der Waals surface area (Å²) in [5.41, 5.74) is 6.49. The van der Waals surface area contributed by atoms with Crippen LogP contribution in [0.25, 0.3) is 0 Å². The van der Waals surface area contributed by atoms with Crippen molar-refractivity contribution in [3.05, 3.63) is 57.6 Å². The number of benzene rings is 2. The smallest absolute Gasteiger partial charge is 0.314 e. The molecule has 1 unspecified atom stereocenters. The van der Waals surface area contributed by atoms with E-state index < -0.39 is 28.2 Å². The number of nitrogen functional groups attached to an aromatic ring is 1. The summed E-state index contributed by atoms with van der Waals surface area (Å²) in [5.74, 6) is -2.61. The van der Waals surface area contributed by atoms with Crippen molar-refractivity contribution in [2.45, 2.75) is 19.3 Å². The van der Waals surface area contributed by atoms with Crippen molar-refractivity contribution in [3.8, 4) is 11.5 Å². The summed E-state index contributed by atoms with van der Waals surface area (Å²) >= 11 is 0. The van der Waals surface area contributed by atoms with Gasteiger partial charge < -0.3 is 20.7 Å². The van der Waals surface area contributed by atoms with Gasteiger partial charge >= 0.3 is 11.7 Å². The van der Waals surface area contributed by atoms with Gasteiger partial charge in [0.05, 0.1) is 17.4 Å². The molecule has 0 saturated heterocycles. The molecule has 0 aliphatic heterocycles. The topological polar surface area (TPSA) is 136 Å². The molecule has 1 atom stereocenters. The van der Waals surface area contributed by atoms with E-state index in [1.54, 1.807) is 31.2 Å². The minimum atomic E-state index is -1.07. The lowest BCUT2D eigenvalue weighted by atomic mass is 9.91. The highest BCUT2D eigenvalue weighted by Crippen LogP contribution is 2.38. The average molecular weight is 346 g/mol. The molecule has 0 spiro atoms. The first-order chi connectivity index (χ1) is 11.8. The third-order valence-corrected chi connectivity index (χ3v) is 3.69. The number of ether oxygens (including phenoxy) is 1. The highest BCUT2D eigenvalue weighted by atomic mass is 16.6. The molecule has 0 amide bonds. The van der Waals surface area contributed by atoms with Crippen molar-refractivity contribution in [1.29, 1.82) is 0 Å². The largest absolute Gasteiger partial charge is 0.500 e. The Morgan fingerprint density at radius 1 is 1.32 bits per heavy atom. The molecule has 2 aromatic carbocycles. The summed E-state index contributed by atoms with van der Waals surface area (Å²) in [6.07, 6.45) is 0.000442. The fraction of sp³-hybridized carbons (Fsp3) is 0.235. The van der Waals surface area contributed by atoms with Crippen LogP contribution >= 0.6 is 0 Å². The molecule has 0 heterocycles. The third kappa shape index (κ3) is 4.17. The number of aliphatic carboxylic acids is 1. The Morgan fingerprint density at radius 2 is 1.96 bits per heavy atom.